The lowest BCUT2D eigenvalue weighted by Gasteiger charge is -2.44. The highest BCUT2D eigenvalue weighted by Gasteiger charge is 2.52. The van der Waals surface area contributed by atoms with Crippen LogP contribution >= 0.6 is 11.3 Å². The molecular weight excluding hydrogens is 500 g/mol. The van der Waals surface area contributed by atoms with Crippen LogP contribution in [0, 0.1) is 23.2 Å². The van der Waals surface area contributed by atoms with Gasteiger partial charge in [0.25, 0.3) is 0 Å². The lowest BCUT2D eigenvalue weighted by molar-refractivity contribution is 0.0862. The highest BCUT2D eigenvalue weighted by atomic mass is 32.1. The molecule has 0 unspecified atom stereocenters. The second-order valence-corrected chi connectivity index (χ2v) is 14.5. The zero-order valence-corrected chi connectivity index (χ0v) is 25.2. The highest BCUT2D eigenvalue weighted by molar-refractivity contribution is 7.12. The average Bonchev–Trinajstić information content (AvgIpc) is 3.44. The maximum atomic E-state index is 11.3. The Morgan fingerprint density at radius 2 is 1.92 bits per heavy atom. The lowest BCUT2D eigenvalue weighted by Crippen LogP contribution is -2.35. The molecule has 3 N–H and O–H groups in total. The van der Waals surface area contributed by atoms with E-state index >= 15 is 0 Å². The minimum atomic E-state index is -0.633. The molecule has 7 atom stereocenters. The zero-order valence-electron chi connectivity index (χ0n) is 24.4. The van der Waals surface area contributed by atoms with Gasteiger partial charge in [-0.3, -0.25) is 0 Å². The van der Waals surface area contributed by atoms with Crippen molar-refractivity contribution in [1.82, 2.24) is 0 Å². The fourth-order valence-corrected chi connectivity index (χ4v) is 9.49. The van der Waals surface area contributed by atoms with Crippen molar-refractivity contribution in [2.24, 2.45) is 23.2 Å². The first-order chi connectivity index (χ1) is 18.7. The molecule has 0 bridgehead atoms. The average molecular weight is 551 g/mol. The van der Waals surface area contributed by atoms with Crippen molar-refractivity contribution in [2.45, 2.75) is 122 Å². The smallest absolute Gasteiger partial charge is 0.0825 e. The summed E-state index contributed by atoms with van der Waals surface area (Å²) in [5.74, 6) is 1.64. The number of aryl methyl sites for hydroxylation is 1. The van der Waals surface area contributed by atoms with Crippen LogP contribution in [0.25, 0.3) is 0 Å². The Morgan fingerprint density at radius 1 is 1.13 bits per heavy atom. The number of rotatable bonds is 9. The molecular formula is C35H50O3S. The molecule has 3 nitrogen and oxygen atoms in total. The van der Waals surface area contributed by atoms with Crippen LogP contribution in [0.5, 0.6) is 0 Å². The van der Waals surface area contributed by atoms with E-state index in [4.69, 9.17) is 0 Å². The van der Waals surface area contributed by atoms with Crippen LogP contribution in [0.4, 0.5) is 0 Å². The van der Waals surface area contributed by atoms with Crippen LogP contribution in [0.15, 0.2) is 59.7 Å². The summed E-state index contributed by atoms with van der Waals surface area (Å²) < 4.78 is 0. The maximum Gasteiger partial charge on any atom is 0.0825 e. The van der Waals surface area contributed by atoms with Gasteiger partial charge >= 0.3 is 0 Å². The van der Waals surface area contributed by atoms with Gasteiger partial charge in [0.05, 0.1) is 18.3 Å². The molecule has 5 rings (SSSR count). The van der Waals surface area contributed by atoms with E-state index in [-0.39, 0.29) is 10.8 Å². The van der Waals surface area contributed by atoms with Gasteiger partial charge in [-0.25, -0.2) is 0 Å². The second kappa shape index (κ2) is 11.8. The van der Waals surface area contributed by atoms with Gasteiger partial charge in [-0.1, -0.05) is 63.6 Å². The Kier molecular flexibility index (Phi) is 8.79. The van der Waals surface area contributed by atoms with Crippen molar-refractivity contribution in [1.29, 1.82) is 0 Å². The number of thiophene rings is 1. The molecule has 0 amide bonds. The number of hydrogen-bond donors (Lipinski definition) is 3. The van der Waals surface area contributed by atoms with Gasteiger partial charge < -0.3 is 15.3 Å². The number of allylic oxidation sites excluding steroid dienone is 4. The second-order valence-electron chi connectivity index (χ2n) is 13.4. The normalized spacial score (nSPS) is 36.0. The van der Waals surface area contributed by atoms with E-state index in [2.05, 4.69) is 63.8 Å². The first-order valence-electron chi connectivity index (χ1n) is 15.6. The lowest BCUT2D eigenvalue weighted by atomic mass is 9.61. The number of unbranched alkanes of at least 4 members (excludes halogenated alkanes) is 1. The van der Waals surface area contributed by atoms with Crippen molar-refractivity contribution in [3.63, 3.8) is 0 Å². The summed E-state index contributed by atoms with van der Waals surface area (Å²) in [5, 5.41) is 31.7. The van der Waals surface area contributed by atoms with E-state index in [1.165, 1.54) is 53.9 Å². The molecule has 1 aromatic heterocycles. The van der Waals surface area contributed by atoms with Gasteiger partial charge in [-0.05, 0) is 111 Å². The first-order valence-corrected chi connectivity index (χ1v) is 16.4. The molecule has 0 spiro atoms. The van der Waals surface area contributed by atoms with Crippen molar-refractivity contribution < 1.29 is 15.3 Å². The van der Waals surface area contributed by atoms with Crippen molar-refractivity contribution >= 4 is 11.3 Å². The Bertz CT molecular complexity index is 1120. The highest BCUT2D eigenvalue weighted by Crippen LogP contribution is 2.60. The number of aliphatic hydroxyl groups excluding tert-OH is 3. The summed E-state index contributed by atoms with van der Waals surface area (Å²) in [6.07, 6.45) is 20.3. The van der Waals surface area contributed by atoms with Crippen molar-refractivity contribution in [2.75, 3.05) is 0 Å². The maximum absolute atomic E-state index is 11.3. The summed E-state index contributed by atoms with van der Waals surface area (Å²) in [7, 11) is 0. The minimum Gasteiger partial charge on any atom is -0.393 e. The Hall–Kier alpha value is -1.46. The van der Waals surface area contributed by atoms with E-state index in [1.807, 2.05) is 11.3 Å². The predicted molar refractivity (Wildman–Crippen MR) is 163 cm³/mol. The summed E-state index contributed by atoms with van der Waals surface area (Å²) in [5.41, 5.74) is 3.53. The van der Waals surface area contributed by atoms with Crippen LogP contribution in [0.2, 0.25) is 0 Å². The predicted octanol–water partition coefficient (Wildman–Crippen LogP) is 7.82. The molecule has 4 fully saturated rings. The molecule has 4 aliphatic carbocycles. The van der Waals surface area contributed by atoms with E-state index in [1.54, 1.807) is 0 Å². The van der Waals surface area contributed by atoms with E-state index in [0.717, 1.165) is 36.8 Å². The van der Waals surface area contributed by atoms with Crippen LogP contribution in [0.1, 0.15) is 101 Å². The number of aliphatic hydroxyl groups is 3. The molecule has 0 aliphatic heterocycles. The van der Waals surface area contributed by atoms with Crippen LogP contribution in [-0.4, -0.2) is 33.6 Å². The molecule has 4 aliphatic rings. The molecule has 214 valence electrons. The van der Waals surface area contributed by atoms with Gasteiger partial charge in [-0.15, -0.1) is 11.3 Å². The van der Waals surface area contributed by atoms with Crippen LogP contribution in [-0.2, 0) is 11.8 Å². The van der Waals surface area contributed by atoms with Gasteiger partial charge in [0.1, 0.15) is 0 Å². The van der Waals surface area contributed by atoms with Crippen LogP contribution in [0.3, 0.4) is 0 Å². The third-order valence-electron chi connectivity index (χ3n) is 10.8. The Balaban J connectivity index is 1.26. The standard InChI is InChI=1S/C35H50O3S/c1-5-6-9-28-13-17-33(39-28)35(19-20-35)32(38)16-10-23(2)29-14-15-30-25(8-7-18-34(29,30)4)11-12-26-21-27(36)22-31(37)24(26)3/h10-13,16-17,23,27,29-32,36-38H,3,5-9,14-15,18-22H2,1-2,4H3/b16-10+,25-11+,26-12-/t23-,27-,29-,30+,31+,32-,34-/m1/s1. The molecule has 1 aromatic rings. The van der Waals surface area contributed by atoms with E-state index < -0.39 is 18.3 Å². The topological polar surface area (TPSA) is 60.7 Å². The van der Waals surface area contributed by atoms with E-state index in [9.17, 15) is 15.3 Å². The summed E-state index contributed by atoms with van der Waals surface area (Å²) in [4.78, 5) is 2.84. The summed E-state index contributed by atoms with van der Waals surface area (Å²) in [6.45, 7) is 11.2. The summed E-state index contributed by atoms with van der Waals surface area (Å²) >= 11 is 1.92. The SMILES string of the molecule is C=C1/C(=C\C=C2/CCC[C@]3(C)[C@@H]([C@H](C)/C=C/[C@@H](O)C4(c5ccc(CCCC)s5)CC4)CC[C@@H]23)C[C@@H](O)C[C@@H]1O. The van der Waals surface area contributed by atoms with Gasteiger partial charge in [0.15, 0.2) is 0 Å². The number of hydrogen-bond acceptors (Lipinski definition) is 4. The fourth-order valence-electron chi connectivity index (χ4n) is 8.16. The first kappa shape index (κ1) is 29.0. The minimum absolute atomic E-state index is 0.0496. The van der Waals surface area contributed by atoms with Gasteiger partial charge in [0.2, 0.25) is 0 Å². The molecule has 0 radical (unpaired) electrons. The van der Waals surface area contributed by atoms with Crippen molar-refractivity contribution in [3.05, 3.63) is 69.5 Å². The van der Waals surface area contributed by atoms with Crippen LogP contribution < -0.4 is 0 Å². The third kappa shape index (κ3) is 5.82. The largest absolute Gasteiger partial charge is 0.393 e. The monoisotopic (exact) mass is 550 g/mol. The van der Waals surface area contributed by atoms with E-state index in [0.29, 0.717) is 30.6 Å². The molecule has 39 heavy (non-hydrogen) atoms. The fraction of sp³-hybridized carbons (Fsp3) is 0.657. The zero-order chi connectivity index (χ0) is 27.8. The third-order valence-corrected chi connectivity index (χ3v) is 12.2. The van der Waals surface area contributed by atoms with Gasteiger partial charge in [-0.2, -0.15) is 0 Å². The summed E-state index contributed by atoms with van der Waals surface area (Å²) in [6, 6.07) is 4.56. The molecule has 0 aromatic carbocycles. The molecule has 1 heterocycles. The Morgan fingerprint density at radius 3 is 2.67 bits per heavy atom. The van der Waals surface area contributed by atoms with Gasteiger partial charge in [0, 0.05) is 21.6 Å². The molecule has 4 saturated carbocycles. The van der Waals surface area contributed by atoms with Crippen molar-refractivity contribution in [3.8, 4) is 0 Å². The number of fused-ring (bicyclic) bond motifs is 1. The quantitative estimate of drug-likeness (QED) is 0.275. The molecule has 0 saturated heterocycles. The molecule has 4 heteroatoms. The Labute approximate surface area is 240 Å².